The van der Waals surface area contributed by atoms with E-state index in [2.05, 4.69) is 30.6 Å². The monoisotopic (exact) mass is 461 g/mol. The Morgan fingerprint density at radius 2 is 1.84 bits per heavy atom. The maximum Gasteiger partial charge on any atom is 0.260 e. The summed E-state index contributed by atoms with van der Waals surface area (Å²) in [5.74, 6) is 0.429. The van der Waals surface area contributed by atoms with Crippen LogP contribution in [-0.4, -0.2) is 66.5 Å². The SMILES string of the molecule is CC(c1cc(Cl)ccc1OCC(=O)N1C[C@@H](C)N(Cc2ccc(F)cc2)C[C@@H]1C)N(C)C. The highest BCUT2D eigenvalue weighted by Crippen LogP contribution is 2.31. The van der Waals surface area contributed by atoms with E-state index in [-0.39, 0.29) is 36.5 Å². The Balaban J connectivity index is 1.61. The first kappa shape index (κ1) is 24.5. The highest BCUT2D eigenvalue weighted by Gasteiger charge is 2.32. The molecule has 1 unspecified atom stereocenters. The molecule has 2 aromatic carbocycles. The van der Waals surface area contributed by atoms with Crippen molar-refractivity contribution in [3.63, 3.8) is 0 Å². The fourth-order valence-corrected chi connectivity index (χ4v) is 4.25. The van der Waals surface area contributed by atoms with Gasteiger partial charge in [0.05, 0.1) is 0 Å². The van der Waals surface area contributed by atoms with Crippen molar-refractivity contribution in [2.75, 3.05) is 33.8 Å². The van der Waals surface area contributed by atoms with Crippen molar-refractivity contribution in [2.24, 2.45) is 0 Å². The van der Waals surface area contributed by atoms with Crippen LogP contribution in [0.4, 0.5) is 4.39 Å². The molecule has 174 valence electrons. The molecule has 0 N–H and O–H groups in total. The van der Waals surface area contributed by atoms with Crippen LogP contribution >= 0.6 is 11.6 Å². The van der Waals surface area contributed by atoms with E-state index < -0.39 is 0 Å². The zero-order chi connectivity index (χ0) is 23.4. The van der Waals surface area contributed by atoms with Crippen LogP contribution in [-0.2, 0) is 11.3 Å². The number of rotatable bonds is 7. The van der Waals surface area contributed by atoms with Gasteiger partial charge < -0.3 is 14.5 Å². The molecule has 0 aromatic heterocycles. The van der Waals surface area contributed by atoms with Crippen molar-refractivity contribution in [3.8, 4) is 5.75 Å². The lowest BCUT2D eigenvalue weighted by Gasteiger charge is -2.44. The van der Waals surface area contributed by atoms with E-state index in [1.54, 1.807) is 6.07 Å². The summed E-state index contributed by atoms with van der Waals surface area (Å²) >= 11 is 6.19. The first-order valence-electron chi connectivity index (χ1n) is 11.0. The van der Waals surface area contributed by atoms with Crippen LogP contribution in [0, 0.1) is 5.82 Å². The van der Waals surface area contributed by atoms with Crippen LogP contribution in [0.5, 0.6) is 5.75 Å². The number of piperazine rings is 1. The Kier molecular flexibility index (Phi) is 8.15. The summed E-state index contributed by atoms with van der Waals surface area (Å²) < 4.78 is 19.2. The predicted molar refractivity (Wildman–Crippen MR) is 126 cm³/mol. The van der Waals surface area contributed by atoms with E-state index in [9.17, 15) is 9.18 Å². The molecule has 0 aliphatic carbocycles. The molecule has 0 spiro atoms. The molecule has 1 aliphatic heterocycles. The molecule has 3 atom stereocenters. The summed E-state index contributed by atoms with van der Waals surface area (Å²) in [4.78, 5) is 19.3. The smallest absolute Gasteiger partial charge is 0.260 e. The van der Waals surface area contributed by atoms with Gasteiger partial charge in [0.25, 0.3) is 5.91 Å². The number of ether oxygens (including phenoxy) is 1. The van der Waals surface area contributed by atoms with Gasteiger partial charge in [0.1, 0.15) is 11.6 Å². The van der Waals surface area contributed by atoms with E-state index in [1.165, 1.54) is 12.1 Å². The van der Waals surface area contributed by atoms with Gasteiger partial charge in [-0.25, -0.2) is 4.39 Å². The Morgan fingerprint density at radius 3 is 2.50 bits per heavy atom. The van der Waals surface area contributed by atoms with Gasteiger partial charge in [-0.2, -0.15) is 0 Å². The van der Waals surface area contributed by atoms with Crippen LogP contribution < -0.4 is 4.74 Å². The number of amides is 1. The number of carbonyl (C=O) groups excluding carboxylic acids is 1. The summed E-state index contributed by atoms with van der Waals surface area (Å²) in [6.45, 7) is 8.37. The van der Waals surface area contributed by atoms with Crippen molar-refractivity contribution in [3.05, 3.63) is 64.4 Å². The summed E-state index contributed by atoms with van der Waals surface area (Å²) in [5.41, 5.74) is 2.03. The maximum atomic E-state index is 13.2. The Labute approximate surface area is 195 Å². The second-order valence-corrected chi connectivity index (χ2v) is 9.35. The van der Waals surface area contributed by atoms with Crippen molar-refractivity contribution in [2.45, 2.75) is 45.4 Å². The molecule has 7 heteroatoms. The number of hydrogen-bond acceptors (Lipinski definition) is 4. The molecular formula is C25H33ClFN3O2. The van der Waals surface area contributed by atoms with Gasteiger partial charge in [-0.05, 0) is 70.8 Å². The fraction of sp³-hybridized carbons (Fsp3) is 0.480. The number of hydrogen-bond donors (Lipinski definition) is 0. The van der Waals surface area contributed by atoms with Crippen molar-refractivity contribution < 1.29 is 13.9 Å². The van der Waals surface area contributed by atoms with Gasteiger partial charge in [-0.15, -0.1) is 0 Å². The molecule has 1 saturated heterocycles. The topological polar surface area (TPSA) is 36.0 Å². The van der Waals surface area contributed by atoms with E-state index >= 15 is 0 Å². The molecule has 2 aromatic rings. The van der Waals surface area contributed by atoms with Crippen molar-refractivity contribution >= 4 is 17.5 Å². The van der Waals surface area contributed by atoms with Crippen LogP contribution in [0.3, 0.4) is 0 Å². The van der Waals surface area contributed by atoms with Gasteiger partial charge in [0.2, 0.25) is 0 Å². The van der Waals surface area contributed by atoms with Gasteiger partial charge >= 0.3 is 0 Å². The quantitative estimate of drug-likeness (QED) is 0.603. The Bertz CT molecular complexity index is 922. The first-order valence-corrected chi connectivity index (χ1v) is 11.4. The van der Waals surface area contributed by atoms with E-state index in [1.807, 2.05) is 43.3 Å². The van der Waals surface area contributed by atoms with Crippen molar-refractivity contribution in [1.82, 2.24) is 14.7 Å². The average molecular weight is 462 g/mol. The van der Waals surface area contributed by atoms with Gasteiger partial charge in [0, 0.05) is 48.3 Å². The lowest BCUT2D eigenvalue weighted by molar-refractivity contribution is -0.139. The largest absolute Gasteiger partial charge is 0.483 e. The van der Waals surface area contributed by atoms with Gasteiger partial charge in [-0.1, -0.05) is 23.7 Å². The van der Waals surface area contributed by atoms with Crippen LogP contribution in [0.1, 0.15) is 37.9 Å². The minimum Gasteiger partial charge on any atom is -0.483 e. The molecular weight excluding hydrogens is 429 g/mol. The minimum absolute atomic E-state index is 0.0101. The fourth-order valence-electron chi connectivity index (χ4n) is 4.07. The minimum atomic E-state index is -0.227. The van der Waals surface area contributed by atoms with Crippen LogP contribution in [0.2, 0.25) is 5.02 Å². The molecule has 1 amide bonds. The van der Waals surface area contributed by atoms with Crippen LogP contribution in [0.15, 0.2) is 42.5 Å². The summed E-state index contributed by atoms with van der Waals surface area (Å²) in [6, 6.07) is 12.5. The van der Waals surface area contributed by atoms with E-state index in [4.69, 9.17) is 16.3 Å². The Morgan fingerprint density at radius 1 is 1.16 bits per heavy atom. The lowest BCUT2D eigenvalue weighted by atomic mass is 10.1. The van der Waals surface area contributed by atoms with E-state index in [0.29, 0.717) is 17.3 Å². The molecule has 1 aliphatic rings. The zero-order valence-corrected chi connectivity index (χ0v) is 20.3. The normalized spacial score (nSPS) is 20.4. The second kappa shape index (κ2) is 10.6. The third-order valence-corrected chi connectivity index (χ3v) is 6.52. The third kappa shape index (κ3) is 6.00. The number of benzene rings is 2. The standard InChI is InChI=1S/C25H33ClFN3O2/c1-17-14-30(18(2)13-29(17)15-20-6-9-22(27)10-7-20)25(31)16-32-24-11-8-21(26)12-23(24)19(3)28(4)5/h6-12,17-19H,13-16H2,1-5H3/t17-,18+,19?/m1/s1. The molecule has 0 saturated carbocycles. The molecule has 32 heavy (non-hydrogen) atoms. The molecule has 0 bridgehead atoms. The first-order chi connectivity index (χ1) is 15.2. The summed E-state index contributed by atoms with van der Waals surface area (Å²) in [7, 11) is 3.99. The third-order valence-electron chi connectivity index (χ3n) is 6.28. The lowest BCUT2D eigenvalue weighted by Crippen LogP contribution is -2.58. The van der Waals surface area contributed by atoms with Gasteiger partial charge in [0.15, 0.2) is 6.61 Å². The molecule has 1 heterocycles. The second-order valence-electron chi connectivity index (χ2n) is 8.91. The predicted octanol–water partition coefficient (Wildman–Crippen LogP) is 4.60. The highest BCUT2D eigenvalue weighted by atomic mass is 35.5. The average Bonchev–Trinajstić information content (AvgIpc) is 2.75. The molecule has 0 radical (unpaired) electrons. The number of carbonyl (C=O) groups is 1. The summed E-state index contributed by atoms with van der Waals surface area (Å²) in [5, 5.41) is 0.645. The van der Waals surface area contributed by atoms with Crippen molar-refractivity contribution in [1.29, 1.82) is 0 Å². The summed E-state index contributed by atoms with van der Waals surface area (Å²) in [6.07, 6.45) is 0. The molecule has 3 rings (SSSR count). The van der Waals surface area contributed by atoms with Crippen LogP contribution in [0.25, 0.3) is 0 Å². The zero-order valence-electron chi connectivity index (χ0n) is 19.5. The molecule has 1 fully saturated rings. The maximum absolute atomic E-state index is 13.2. The van der Waals surface area contributed by atoms with Gasteiger partial charge in [-0.3, -0.25) is 9.69 Å². The molecule has 5 nitrogen and oxygen atoms in total. The Hall–Kier alpha value is -2.15. The number of halogens is 2. The number of nitrogens with zero attached hydrogens (tertiary/aromatic N) is 3. The highest BCUT2D eigenvalue weighted by molar-refractivity contribution is 6.30. The van der Waals surface area contributed by atoms with E-state index in [0.717, 1.165) is 24.2 Å².